The maximum atomic E-state index is 13.0. The summed E-state index contributed by atoms with van der Waals surface area (Å²) in [6.45, 7) is 0.0457. The lowest BCUT2D eigenvalue weighted by molar-refractivity contribution is 0.0469. The summed E-state index contributed by atoms with van der Waals surface area (Å²) in [5, 5.41) is 9.04. The van der Waals surface area contributed by atoms with Crippen molar-refractivity contribution >= 4 is 5.97 Å². The van der Waals surface area contributed by atoms with Crippen LogP contribution in [-0.2, 0) is 18.0 Å². The number of benzene rings is 2. The fraction of sp³-hybridized carbons (Fsp3) is 0.100. The summed E-state index contributed by atoms with van der Waals surface area (Å²) >= 11 is 0. The number of hydrogen-bond acceptors (Lipinski definition) is 5. The molecular weight excluding hydrogens is 337 g/mol. The molecule has 0 bridgehead atoms. The van der Waals surface area contributed by atoms with Gasteiger partial charge in [-0.25, -0.2) is 9.18 Å². The van der Waals surface area contributed by atoms with Gasteiger partial charge in [0.25, 0.3) is 0 Å². The van der Waals surface area contributed by atoms with Crippen LogP contribution in [0.15, 0.2) is 67.0 Å². The van der Waals surface area contributed by atoms with E-state index in [0.29, 0.717) is 5.75 Å². The molecule has 0 atom stereocenters. The fourth-order valence-corrected chi connectivity index (χ4v) is 2.23. The quantitative estimate of drug-likeness (QED) is 0.682. The highest BCUT2D eigenvalue weighted by Gasteiger charge is 2.15. The van der Waals surface area contributed by atoms with Crippen LogP contribution in [0.2, 0.25) is 0 Å². The second-order valence-corrected chi connectivity index (χ2v) is 5.48. The molecule has 1 heterocycles. The molecule has 0 saturated heterocycles. The van der Waals surface area contributed by atoms with Crippen molar-refractivity contribution in [2.45, 2.75) is 13.2 Å². The van der Waals surface area contributed by atoms with Crippen molar-refractivity contribution in [1.82, 2.24) is 4.98 Å². The summed E-state index contributed by atoms with van der Waals surface area (Å²) in [5.74, 6) is -0.334. The Hall–Kier alpha value is -3.25. The minimum absolute atomic E-state index is 0.0405. The van der Waals surface area contributed by atoms with E-state index in [1.807, 2.05) is 0 Å². The Morgan fingerprint density at radius 1 is 1.00 bits per heavy atom. The predicted octanol–water partition coefficient (Wildman–Crippen LogP) is 3.86. The van der Waals surface area contributed by atoms with Crippen LogP contribution in [0, 0.1) is 5.82 Å². The summed E-state index contributed by atoms with van der Waals surface area (Å²) in [5.41, 5.74) is 1.80. The minimum Gasteiger partial charge on any atom is -0.457 e. The number of nitrogens with zero attached hydrogens (tertiary/aromatic N) is 1. The highest BCUT2D eigenvalue weighted by atomic mass is 19.1. The van der Waals surface area contributed by atoms with E-state index >= 15 is 0 Å². The number of aromatic nitrogens is 1. The third-order valence-corrected chi connectivity index (χ3v) is 3.62. The van der Waals surface area contributed by atoms with Gasteiger partial charge in [-0.2, -0.15) is 0 Å². The first-order valence-electron chi connectivity index (χ1n) is 7.89. The molecule has 1 aromatic heterocycles. The van der Waals surface area contributed by atoms with Gasteiger partial charge in [0.1, 0.15) is 23.7 Å². The predicted molar refractivity (Wildman–Crippen MR) is 92.2 cm³/mol. The van der Waals surface area contributed by atoms with Crippen molar-refractivity contribution in [3.05, 3.63) is 89.5 Å². The number of halogens is 1. The van der Waals surface area contributed by atoms with Gasteiger partial charge in [-0.1, -0.05) is 24.3 Å². The van der Waals surface area contributed by atoms with Crippen LogP contribution >= 0.6 is 0 Å². The average Bonchev–Trinajstić information content (AvgIpc) is 2.68. The second kappa shape index (κ2) is 8.22. The van der Waals surface area contributed by atoms with Crippen molar-refractivity contribution in [3.63, 3.8) is 0 Å². The van der Waals surface area contributed by atoms with Crippen LogP contribution in [0.5, 0.6) is 11.5 Å². The molecule has 6 heteroatoms. The van der Waals surface area contributed by atoms with Gasteiger partial charge in [-0.3, -0.25) is 4.98 Å². The van der Waals surface area contributed by atoms with Gasteiger partial charge in [-0.15, -0.1) is 0 Å². The number of pyridine rings is 1. The zero-order chi connectivity index (χ0) is 18.4. The lowest BCUT2D eigenvalue weighted by Crippen LogP contribution is -2.07. The Morgan fingerprint density at radius 3 is 2.38 bits per heavy atom. The maximum absolute atomic E-state index is 13.0. The molecule has 0 spiro atoms. The zero-order valence-electron chi connectivity index (χ0n) is 13.8. The van der Waals surface area contributed by atoms with Crippen molar-refractivity contribution in [2.75, 3.05) is 0 Å². The third-order valence-electron chi connectivity index (χ3n) is 3.62. The molecule has 2 aromatic carbocycles. The van der Waals surface area contributed by atoms with Gasteiger partial charge >= 0.3 is 5.97 Å². The first kappa shape index (κ1) is 17.6. The first-order valence-corrected chi connectivity index (χ1v) is 7.89. The topological polar surface area (TPSA) is 68.7 Å². The van der Waals surface area contributed by atoms with E-state index in [0.717, 1.165) is 11.1 Å². The lowest BCUT2D eigenvalue weighted by atomic mass is 10.1. The molecule has 132 valence electrons. The van der Waals surface area contributed by atoms with E-state index in [-0.39, 0.29) is 30.3 Å². The highest BCUT2D eigenvalue weighted by Crippen LogP contribution is 2.25. The van der Waals surface area contributed by atoms with Crippen LogP contribution in [0.25, 0.3) is 0 Å². The van der Waals surface area contributed by atoms with E-state index in [4.69, 9.17) is 14.6 Å². The number of hydrogen-bond donors (Lipinski definition) is 1. The molecule has 3 aromatic rings. The molecule has 0 unspecified atom stereocenters. The summed E-state index contributed by atoms with van der Waals surface area (Å²) in [6, 6.07) is 14.0. The van der Waals surface area contributed by atoms with Gasteiger partial charge in [0, 0.05) is 6.20 Å². The highest BCUT2D eigenvalue weighted by molar-refractivity contribution is 5.92. The van der Waals surface area contributed by atoms with Crippen LogP contribution < -0.4 is 4.74 Å². The van der Waals surface area contributed by atoms with Gasteiger partial charge in [0.05, 0.1) is 12.8 Å². The molecule has 26 heavy (non-hydrogen) atoms. The summed E-state index contributed by atoms with van der Waals surface area (Å²) < 4.78 is 23.9. The van der Waals surface area contributed by atoms with Crippen molar-refractivity contribution in [3.8, 4) is 11.5 Å². The molecule has 1 N–H and O–H groups in total. The minimum atomic E-state index is -0.559. The molecule has 0 amide bonds. The number of esters is 1. The molecule has 0 fully saturated rings. The average molecular weight is 353 g/mol. The Bertz CT molecular complexity index is 879. The van der Waals surface area contributed by atoms with E-state index in [1.165, 1.54) is 42.7 Å². The van der Waals surface area contributed by atoms with E-state index < -0.39 is 5.97 Å². The lowest BCUT2D eigenvalue weighted by Gasteiger charge is -2.11. The largest absolute Gasteiger partial charge is 0.457 e. The van der Waals surface area contributed by atoms with Gasteiger partial charge < -0.3 is 14.6 Å². The number of ether oxygens (including phenoxy) is 2. The van der Waals surface area contributed by atoms with Crippen LogP contribution in [-0.4, -0.2) is 16.1 Å². The molecule has 0 aliphatic rings. The van der Waals surface area contributed by atoms with E-state index in [9.17, 15) is 9.18 Å². The van der Waals surface area contributed by atoms with Gasteiger partial charge in [0.2, 0.25) is 0 Å². The number of rotatable bonds is 6. The molecule has 0 aliphatic heterocycles. The molecule has 0 radical (unpaired) electrons. The summed E-state index contributed by atoms with van der Waals surface area (Å²) in [7, 11) is 0. The molecular formula is C20H16FNO4. The van der Waals surface area contributed by atoms with Crippen molar-refractivity contribution < 1.29 is 23.8 Å². The Balaban J connectivity index is 1.69. The molecule has 0 saturated carbocycles. The van der Waals surface area contributed by atoms with E-state index in [2.05, 4.69) is 4.98 Å². The molecule has 5 nitrogen and oxygen atoms in total. The van der Waals surface area contributed by atoms with Gasteiger partial charge in [0.15, 0.2) is 5.75 Å². The van der Waals surface area contributed by atoms with Crippen molar-refractivity contribution in [2.24, 2.45) is 0 Å². The SMILES string of the molecule is O=C(OCc1ccc(CO)cc1)c1ccncc1Oc1ccc(F)cc1. The standard InChI is InChI=1S/C20H16FNO4/c21-16-5-7-17(8-6-16)26-19-11-22-10-9-18(19)20(24)25-13-15-3-1-14(12-23)2-4-15/h1-11,23H,12-13H2. The maximum Gasteiger partial charge on any atom is 0.342 e. The molecule has 3 rings (SSSR count). The monoisotopic (exact) mass is 353 g/mol. The third kappa shape index (κ3) is 4.43. The summed E-state index contributed by atoms with van der Waals surface area (Å²) in [6.07, 6.45) is 2.86. The second-order valence-electron chi connectivity index (χ2n) is 5.48. The van der Waals surface area contributed by atoms with Crippen LogP contribution in [0.1, 0.15) is 21.5 Å². The number of aliphatic hydroxyl groups excluding tert-OH is 1. The fourth-order valence-electron chi connectivity index (χ4n) is 2.23. The van der Waals surface area contributed by atoms with Gasteiger partial charge in [-0.05, 0) is 41.5 Å². The normalized spacial score (nSPS) is 10.4. The van der Waals surface area contributed by atoms with Crippen LogP contribution in [0.3, 0.4) is 0 Å². The number of carbonyl (C=O) groups is 1. The van der Waals surface area contributed by atoms with Crippen LogP contribution in [0.4, 0.5) is 4.39 Å². The van der Waals surface area contributed by atoms with E-state index in [1.54, 1.807) is 24.3 Å². The first-order chi connectivity index (χ1) is 12.7. The Morgan fingerprint density at radius 2 is 1.69 bits per heavy atom. The zero-order valence-corrected chi connectivity index (χ0v) is 13.8. The smallest absolute Gasteiger partial charge is 0.342 e. The number of aliphatic hydroxyl groups is 1. The Kier molecular flexibility index (Phi) is 5.56. The summed E-state index contributed by atoms with van der Waals surface area (Å²) in [4.78, 5) is 16.3. The van der Waals surface area contributed by atoms with Crippen molar-refractivity contribution in [1.29, 1.82) is 0 Å². The molecule has 0 aliphatic carbocycles. The number of carbonyl (C=O) groups excluding carboxylic acids is 1. The Labute approximate surface area is 149 Å².